The average molecular weight is 228 g/mol. The van der Waals surface area contributed by atoms with E-state index in [0.717, 1.165) is 6.54 Å². The molecule has 0 unspecified atom stereocenters. The second-order valence-electron chi connectivity index (χ2n) is 4.45. The van der Waals surface area contributed by atoms with Crippen LogP contribution in [0.25, 0.3) is 0 Å². The van der Waals surface area contributed by atoms with Crippen LogP contribution >= 0.6 is 0 Å². The van der Waals surface area contributed by atoms with Crippen LogP contribution in [0.3, 0.4) is 0 Å². The van der Waals surface area contributed by atoms with Gasteiger partial charge in [-0.2, -0.15) is 0 Å². The summed E-state index contributed by atoms with van der Waals surface area (Å²) in [5.41, 5.74) is 1.46. The van der Waals surface area contributed by atoms with Crippen molar-refractivity contribution in [1.29, 1.82) is 0 Å². The van der Waals surface area contributed by atoms with Crippen LogP contribution in [0.15, 0.2) is 49.1 Å². The van der Waals surface area contributed by atoms with E-state index in [1.54, 1.807) is 0 Å². The van der Waals surface area contributed by atoms with Gasteiger partial charge in [-0.1, -0.05) is 43.2 Å². The zero-order valence-electron chi connectivity index (χ0n) is 10.3. The summed E-state index contributed by atoms with van der Waals surface area (Å²) in [7, 11) is 0. The lowest BCUT2D eigenvalue weighted by Crippen LogP contribution is -1.94. The lowest BCUT2D eigenvalue weighted by molar-refractivity contribution is 0.571. The Bertz CT molecular complexity index is 392. The Kier molecular flexibility index (Phi) is 4.83. The molecule has 2 aromatic rings. The third-order valence-electron chi connectivity index (χ3n) is 3.03. The van der Waals surface area contributed by atoms with Gasteiger partial charge in [0.05, 0.1) is 6.33 Å². The van der Waals surface area contributed by atoms with Crippen molar-refractivity contribution in [1.82, 2.24) is 9.55 Å². The molecular weight excluding hydrogens is 208 g/mol. The normalized spacial score (nSPS) is 10.6. The van der Waals surface area contributed by atoms with Crippen molar-refractivity contribution in [2.75, 3.05) is 0 Å². The maximum atomic E-state index is 4.04. The van der Waals surface area contributed by atoms with Gasteiger partial charge in [0.2, 0.25) is 0 Å². The zero-order chi connectivity index (χ0) is 11.8. The molecule has 17 heavy (non-hydrogen) atoms. The largest absolute Gasteiger partial charge is 0.337 e. The van der Waals surface area contributed by atoms with E-state index in [1.807, 2.05) is 18.7 Å². The predicted octanol–water partition coefficient (Wildman–Crippen LogP) is 3.69. The summed E-state index contributed by atoms with van der Waals surface area (Å²) < 4.78 is 2.15. The summed E-state index contributed by atoms with van der Waals surface area (Å²) in [5.74, 6) is 0. The van der Waals surface area contributed by atoms with Gasteiger partial charge in [-0.3, -0.25) is 0 Å². The second kappa shape index (κ2) is 6.89. The van der Waals surface area contributed by atoms with Crippen LogP contribution in [0.5, 0.6) is 0 Å². The van der Waals surface area contributed by atoms with Crippen molar-refractivity contribution < 1.29 is 0 Å². The fourth-order valence-corrected chi connectivity index (χ4v) is 2.04. The summed E-state index contributed by atoms with van der Waals surface area (Å²) in [6.45, 7) is 1.10. The van der Waals surface area contributed by atoms with Crippen LogP contribution in [0.4, 0.5) is 0 Å². The molecule has 0 saturated carbocycles. The number of hydrogen-bond acceptors (Lipinski definition) is 1. The Morgan fingerprint density at radius 1 is 0.941 bits per heavy atom. The Balaban J connectivity index is 1.52. The minimum atomic E-state index is 1.10. The Hall–Kier alpha value is -1.57. The molecule has 0 aliphatic rings. The van der Waals surface area contributed by atoms with Gasteiger partial charge < -0.3 is 4.57 Å². The van der Waals surface area contributed by atoms with E-state index < -0.39 is 0 Å². The molecule has 1 aromatic carbocycles. The first kappa shape index (κ1) is 11.9. The van der Waals surface area contributed by atoms with Gasteiger partial charge in [0.1, 0.15) is 0 Å². The van der Waals surface area contributed by atoms with Crippen LogP contribution in [-0.4, -0.2) is 9.55 Å². The standard InChI is InChI=1S/C15H20N2/c1(2-7-12-17-13-11-16-14-17)4-8-15-9-5-3-6-10-15/h3,5-6,9-11,13-14H,1-2,4,7-8,12H2. The van der Waals surface area contributed by atoms with Crippen LogP contribution in [0.2, 0.25) is 0 Å². The quantitative estimate of drug-likeness (QED) is 0.661. The third kappa shape index (κ3) is 4.43. The van der Waals surface area contributed by atoms with Crippen LogP contribution in [0.1, 0.15) is 31.2 Å². The van der Waals surface area contributed by atoms with E-state index in [9.17, 15) is 0 Å². The summed E-state index contributed by atoms with van der Waals surface area (Å²) in [4.78, 5) is 4.04. The molecule has 0 aliphatic heterocycles. The molecule has 0 bridgehead atoms. The molecule has 1 aromatic heterocycles. The Morgan fingerprint density at radius 3 is 2.53 bits per heavy atom. The molecular formula is C15H20N2. The predicted molar refractivity (Wildman–Crippen MR) is 70.8 cm³/mol. The first-order chi connectivity index (χ1) is 8.45. The summed E-state index contributed by atoms with van der Waals surface area (Å²) in [6, 6.07) is 10.7. The van der Waals surface area contributed by atoms with Crippen LogP contribution in [0, 0.1) is 0 Å². The molecule has 0 radical (unpaired) electrons. The van der Waals surface area contributed by atoms with Gasteiger partial charge in [-0.25, -0.2) is 4.98 Å². The summed E-state index contributed by atoms with van der Waals surface area (Å²) in [5, 5.41) is 0. The summed E-state index contributed by atoms with van der Waals surface area (Å²) >= 11 is 0. The Labute approximate surface area is 103 Å². The molecule has 1 heterocycles. The number of rotatable bonds is 7. The maximum absolute atomic E-state index is 4.04. The van der Waals surface area contributed by atoms with Gasteiger partial charge in [0.25, 0.3) is 0 Å². The number of nitrogens with zero attached hydrogens (tertiary/aromatic N) is 2. The number of hydrogen-bond donors (Lipinski definition) is 0. The lowest BCUT2D eigenvalue weighted by atomic mass is 10.1. The maximum Gasteiger partial charge on any atom is 0.0945 e. The number of aromatic nitrogens is 2. The molecule has 0 amide bonds. The first-order valence-electron chi connectivity index (χ1n) is 6.45. The van der Waals surface area contributed by atoms with Crippen molar-refractivity contribution >= 4 is 0 Å². The van der Waals surface area contributed by atoms with E-state index >= 15 is 0 Å². The SMILES string of the molecule is c1ccc(CCCCCCn2ccnc2)cc1. The minimum absolute atomic E-state index is 1.10. The molecule has 2 heteroatoms. The second-order valence-corrected chi connectivity index (χ2v) is 4.45. The van der Waals surface area contributed by atoms with E-state index in [4.69, 9.17) is 0 Å². The van der Waals surface area contributed by atoms with Crippen molar-refractivity contribution in [3.8, 4) is 0 Å². The topological polar surface area (TPSA) is 17.8 Å². The van der Waals surface area contributed by atoms with Gasteiger partial charge >= 0.3 is 0 Å². The monoisotopic (exact) mass is 228 g/mol. The van der Waals surface area contributed by atoms with Crippen molar-refractivity contribution in [2.24, 2.45) is 0 Å². The lowest BCUT2D eigenvalue weighted by Gasteiger charge is -2.03. The number of benzene rings is 1. The highest BCUT2D eigenvalue weighted by Crippen LogP contribution is 2.08. The van der Waals surface area contributed by atoms with Gasteiger partial charge in [-0.15, -0.1) is 0 Å². The molecule has 0 fully saturated rings. The Morgan fingerprint density at radius 2 is 1.76 bits per heavy atom. The fourth-order valence-electron chi connectivity index (χ4n) is 2.04. The van der Waals surface area contributed by atoms with E-state index in [2.05, 4.69) is 39.9 Å². The molecule has 0 N–H and O–H groups in total. The summed E-state index contributed by atoms with van der Waals surface area (Å²) in [6.07, 6.45) is 12.2. The minimum Gasteiger partial charge on any atom is -0.337 e. The average Bonchev–Trinajstić information content (AvgIpc) is 2.88. The molecule has 0 spiro atoms. The van der Waals surface area contributed by atoms with Crippen molar-refractivity contribution in [3.63, 3.8) is 0 Å². The molecule has 0 aliphatic carbocycles. The number of aryl methyl sites for hydroxylation is 2. The molecule has 0 atom stereocenters. The van der Waals surface area contributed by atoms with E-state index in [0.29, 0.717) is 0 Å². The van der Waals surface area contributed by atoms with Crippen molar-refractivity contribution in [2.45, 2.75) is 38.6 Å². The van der Waals surface area contributed by atoms with Crippen molar-refractivity contribution in [3.05, 3.63) is 54.6 Å². The number of unbranched alkanes of at least 4 members (excludes halogenated alkanes) is 3. The van der Waals surface area contributed by atoms with Gasteiger partial charge in [0, 0.05) is 18.9 Å². The molecule has 90 valence electrons. The highest BCUT2D eigenvalue weighted by atomic mass is 15.0. The third-order valence-corrected chi connectivity index (χ3v) is 3.03. The van der Waals surface area contributed by atoms with Gasteiger partial charge in [0.15, 0.2) is 0 Å². The molecule has 2 rings (SSSR count). The van der Waals surface area contributed by atoms with Crippen LogP contribution in [-0.2, 0) is 13.0 Å². The molecule has 0 saturated heterocycles. The smallest absolute Gasteiger partial charge is 0.0945 e. The highest BCUT2D eigenvalue weighted by molar-refractivity contribution is 5.14. The van der Waals surface area contributed by atoms with E-state index in [1.165, 1.54) is 37.7 Å². The fraction of sp³-hybridized carbons (Fsp3) is 0.400. The molecule has 2 nitrogen and oxygen atoms in total. The highest BCUT2D eigenvalue weighted by Gasteiger charge is 1.94. The van der Waals surface area contributed by atoms with E-state index in [-0.39, 0.29) is 0 Å². The zero-order valence-corrected chi connectivity index (χ0v) is 10.3. The van der Waals surface area contributed by atoms with Gasteiger partial charge in [-0.05, 0) is 24.8 Å². The number of imidazole rings is 1. The van der Waals surface area contributed by atoms with Crippen LogP contribution < -0.4 is 0 Å². The first-order valence-corrected chi connectivity index (χ1v) is 6.45.